The van der Waals surface area contributed by atoms with E-state index >= 15 is 0 Å². The van der Waals surface area contributed by atoms with Crippen LogP contribution in [0, 0.1) is 22.7 Å². The molecule has 3 rings (SSSR count). The fraction of sp³-hybridized carbons (Fsp3) is 0.867. The summed E-state index contributed by atoms with van der Waals surface area (Å²) < 4.78 is 5.85. The third-order valence-corrected chi connectivity index (χ3v) is 5.56. The third kappa shape index (κ3) is 1.33. The van der Waals surface area contributed by atoms with E-state index in [1.807, 2.05) is 0 Å². The standard InChI is InChI=1S/C15H24O/c1-14(2)8-4-9-15(3)11-7-10-16-12(11)5-6-13(14)15/h5-6,11-13H,4,7-10H2,1-3H3/t11-,12-,13?,15+/m0/s1. The summed E-state index contributed by atoms with van der Waals surface area (Å²) in [5.41, 5.74) is 0.981. The molecule has 0 aromatic rings. The normalized spacial score (nSPS) is 49.8. The van der Waals surface area contributed by atoms with E-state index in [1.165, 1.54) is 25.7 Å². The van der Waals surface area contributed by atoms with Crippen molar-refractivity contribution in [2.24, 2.45) is 22.7 Å². The number of allylic oxidation sites excluding steroid dienone is 1. The first-order valence-electron chi connectivity index (χ1n) is 6.84. The molecule has 0 bridgehead atoms. The molecule has 16 heavy (non-hydrogen) atoms. The monoisotopic (exact) mass is 220 g/mol. The Bertz CT molecular complexity index is 317. The first kappa shape index (κ1) is 10.8. The highest BCUT2D eigenvalue weighted by atomic mass is 16.5. The van der Waals surface area contributed by atoms with E-state index in [0.29, 0.717) is 16.9 Å². The van der Waals surface area contributed by atoms with E-state index in [-0.39, 0.29) is 0 Å². The van der Waals surface area contributed by atoms with Crippen molar-refractivity contribution < 1.29 is 4.74 Å². The molecule has 0 spiro atoms. The summed E-state index contributed by atoms with van der Waals surface area (Å²) in [5, 5.41) is 0. The molecule has 1 saturated carbocycles. The average molecular weight is 220 g/mol. The van der Waals surface area contributed by atoms with Crippen LogP contribution in [0.25, 0.3) is 0 Å². The Hall–Kier alpha value is -0.300. The lowest BCUT2D eigenvalue weighted by molar-refractivity contribution is -0.0413. The maximum Gasteiger partial charge on any atom is 0.0790 e. The molecule has 0 aromatic carbocycles. The van der Waals surface area contributed by atoms with Gasteiger partial charge >= 0.3 is 0 Å². The minimum absolute atomic E-state index is 0.426. The second kappa shape index (κ2) is 3.35. The first-order valence-corrected chi connectivity index (χ1v) is 6.84. The number of rotatable bonds is 0. The second-order valence-electron chi connectivity index (χ2n) is 6.94. The van der Waals surface area contributed by atoms with Crippen molar-refractivity contribution in [2.75, 3.05) is 6.61 Å². The highest BCUT2D eigenvalue weighted by Gasteiger charge is 2.54. The Morgan fingerprint density at radius 3 is 2.75 bits per heavy atom. The maximum atomic E-state index is 5.85. The maximum absolute atomic E-state index is 5.85. The molecule has 1 aliphatic heterocycles. The summed E-state index contributed by atoms with van der Waals surface area (Å²) in [6.45, 7) is 8.40. The third-order valence-electron chi connectivity index (χ3n) is 5.56. The van der Waals surface area contributed by atoms with Gasteiger partial charge < -0.3 is 4.74 Å². The molecule has 2 fully saturated rings. The summed E-state index contributed by atoms with van der Waals surface area (Å²) in [6, 6.07) is 0. The van der Waals surface area contributed by atoms with Crippen molar-refractivity contribution in [3.05, 3.63) is 12.2 Å². The molecule has 1 nitrogen and oxygen atoms in total. The van der Waals surface area contributed by atoms with Gasteiger partial charge in [0.1, 0.15) is 0 Å². The van der Waals surface area contributed by atoms with Crippen molar-refractivity contribution in [3.63, 3.8) is 0 Å². The van der Waals surface area contributed by atoms with Crippen LogP contribution >= 0.6 is 0 Å². The van der Waals surface area contributed by atoms with Gasteiger partial charge in [0.05, 0.1) is 6.10 Å². The smallest absolute Gasteiger partial charge is 0.0790 e. The predicted octanol–water partition coefficient (Wildman–Crippen LogP) is 3.79. The molecule has 1 heterocycles. The van der Waals surface area contributed by atoms with Crippen molar-refractivity contribution in [1.82, 2.24) is 0 Å². The molecule has 4 atom stereocenters. The SMILES string of the molecule is CC1(C)CCC[C@@]2(C)C1C=C[C@@H]1OCC[C@@H]12. The molecule has 0 aromatic heterocycles. The van der Waals surface area contributed by atoms with E-state index in [9.17, 15) is 0 Å². The Morgan fingerprint density at radius 2 is 1.94 bits per heavy atom. The Morgan fingerprint density at radius 1 is 1.12 bits per heavy atom. The van der Waals surface area contributed by atoms with Crippen molar-refractivity contribution in [3.8, 4) is 0 Å². The van der Waals surface area contributed by atoms with Gasteiger partial charge in [-0.25, -0.2) is 0 Å². The van der Waals surface area contributed by atoms with Crippen molar-refractivity contribution in [2.45, 2.75) is 52.6 Å². The summed E-state index contributed by atoms with van der Waals surface area (Å²) in [5.74, 6) is 1.54. The minimum atomic E-state index is 0.426. The van der Waals surface area contributed by atoms with Crippen LogP contribution in [0.1, 0.15) is 46.5 Å². The number of hydrogen-bond acceptors (Lipinski definition) is 1. The number of fused-ring (bicyclic) bond motifs is 3. The molecular weight excluding hydrogens is 196 g/mol. The topological polar surface area (TPSA) is 9.23 Å². The van der Waals surface area contributed by atoms with Gasteiger partial charge in [-0.05, 0) is 41.9 Å². The van der Waals surface area contributed by atoms with Gasteiger partial charge in [-0.3, -0.25) is 0 Å². The average Bonchev–Trinajstić information content (AvgIpc) is 2.65. The Labute approximate surface area is 99.3 Å². The fourth-order valence-electron chi connectivity index (χ4n) is 4.75. The van der Waals surface area contributed by atoms with E-state index in [2.05, 4.69) is 32.9 Å². The van der Waals surface area contributed by atoms with Gasteiger partial charge in [-0.15, -0.1) is 0 Å². The molecule has 1 heteroatoms. The zero-order chi connectivity index (χ0) is 11.4. The summed E-state index contributed by atoms with van der Waals surface area (Å²) in [6.07, 6.45) is 10.7. The van der Waals surface area contributed by atoms with Gasteiger partial charge in [0, 0.05) is 6.61 Å². The van der Waals surface area contributed by atoms with Gasteiger partial charge in [0.2, 0.25) is 0 Å². The van der Waals surface area contributed by atoms with Crippen LogP contribution in [0.3, 0.4) is 0 Å². The highest BCUT2D eigenvalue weighted by molar-refractivity contribution is 5.17. The van der Waals surface area contributed by atoms with Gasteiger partial charge in [-0.1, -0.05) is 39.3 Å². The largest absolute Gasteiger partial charge is 0.374 e. The van der Waals surface area contributed by atoms with Crippen LogP contribution in [-0.2, 0) is 4.74 Å². The molecule has 1 unspecified atom stereocenters. The van der Waals surface area contributed by atoms with E-state index < -0.39 is 0 Å². The van der Waals surface area contributed by atoms with Gasteiger partial charge in [-0.2, -0.15) is 0 Å². The molecule has 2 aliphatic carbocycles. The van der Waals surface area contributed by atoms with Crippen LogP contribution in [0.2, 0.25) is 0 Å². The van der Waals surface area contributed by atoms with E-state index in [4.69, 9.17) is 4.74 Å². The summed E-state index contributed by atoms with van der Waals surface area (Å²) in [4.78, 5) is 0. The summed E-state index contributed by atoms with van der Waals surface area (Å²) >= 11 is 0. The van der Waals surface area contributed by atoms with E-state index in [1.54, 1.807) is 0 Å². The lowest BCUT2D eigenvalue weighted by atomic mass is 9.50. The zero-order valence-corrected chi connectivity index (χ0v) is 10.8. The van der Waals surface area contributed by atoms with Crippen molar-refractivity contribution >= 4 is 0 Å². The lowest BCUT2D eigenvalue weighted by Gasteiger charge is -2.55. The molecule has 3 aliphatic rings. The minimum Gasteiger partial charge on any atom is -0.374 e. The lowest BCUT2D eigenvalue weighted by Crippen LogP contribution is -2.49. The molecule has 0 radical (unpaired) electrons. The quantitative estimate of drug-likeness (QED) is 0.564. The highest BCUT2D eigenvalue weighted by Crippen LogP contribution is 2.59. The Balaban J connectivity index is 2.00. The molecular formula is C15H24O. The Kier molecular flexibility index (Phi) is 2.27. The van der Waals surface area contributed by atoms with Crippen LogP contribution in [0.15, 0.2) is 12.2 Å². The summed E-state index contributed by atoms with van der Waals surface area (Å²) in [7, 11) is 0. The van der Waals surface area contributed by atoms with Crippen LogP contribution in [0.4, 0.5) is 0 Å². The molecule has 1 saturated heterocycles. The van der Waals surface area contributed by atoms with Gasteiger partial charge in [0.25, 0.3) is 0 Å². The predicted molar refractivity (Wildman–Crippen MR) is 66.2 cm³/mol. The number of ether oxygens (including phenoxy) is 1. The zero-order valence-electron chi connectivity index (χ0n) is 10.8. The fourth-order valence-corrected chi connectivity index (χ4v) is 4.75. The van der Waals surface area contributed by atoms with Crippen LogP contribution < -0.4 is 0 Å². The molecule has 90 valence electrons. The molecule has 0 amide bonds. The van der Waals surface area contributed by atoms with Gasteiger partial charge in [0.15, 0.2) is 0 Å². The van der Waals surface area contributed by atoms with E-state index in [0.717, 1.165) is 18.4 Å². The number of hydrogen-bond donors (Lipinski definition) is 0. The van der Waals surface area contributed by atoms with Crippen LogP contribution in [-0.4, -0.2) is 12.7 Å². The second-order valence-corrected chi connectivity index (χ2v) is 6.94. The van der Waals surface area contributed by atoms with Crippen molar-refractivity contribution in [1.29, 1.82) is 0 Å². The first-order chi connectivity index (χ1) is 7.54. The van der Waals surface area contributed by atoms with Crippen LogP contribution in [0.5, 0.6) is 0 Å². The molecule has 0 N–H and O–H groups in total.